The van der Waals surface area contributed by atoms with Crippen molar-refractivity contribution in [1.29, 1.82) is 0 Å². The average Bonchev–Trinajstić information content (AvgIpc) is 2.65. The van der Waals surface area contributed by atoms with Gasteiger partial charge in [0.05, 0.1) is 11.2 Å². The van der Waals surface area contributed by atoms with E-state index in [1.807, 2.05) is 27.7 Å². The van der Waals surface area contributed by atoms with Crippen molar-refractivity contribution in [3.05, 3.63) is 40.2 Å². The second-order valence-electron chi connectivity index (χ2n) is 6.64. The minimum absolute atomic E-state index is 0.298. The lowest BCUT2D eigenvalue weighted by molar-refractivity contribution is 0.00578. The monoisotopic (exact) mass is 316 g/mol. The van der Waals surface area contributed by atoms with Gasteiger partial charge in [0.2, 0.25) is 0 Å². The smallest absolute Gasteiger partial charge is 0.477 e. The van der Waals surface area contributed by atoms with Gasteiger partial charge in [0, 0.05) is 5.39 Å². The summed E-state index contributed by atoms with van der Waals surface area (Å²) in [5, 5.41) is 9.50. The first-order chi connectivity index (χ1) is 10.6. The highest BCUT2D eigenvalue weighted by Crippen LogP contribution is 2.36. The molecule has 6 nitrogen and oxygen atoms in total. The molecule has 0 amide bonds. The van der Waals surface area contributed by atoms with Gasteiger partial charge in [-0.3, -0.25) is 0 Å². The fourth-order valence-electron chi connectivity index (χ4n) is 2.40. The largest absolute Gasteiger partial charge is 0.494 e. The molecular weight excluding hydrogens is 299 g/mol. The number of rotatable bonds is 2. The number of hydrogen-bond acceptors (Lipinski definition) is 5. The van der Waals surface area contributed by atoms with E-state index in [-0.39, 0.29) is 5.56 Å². The molecule has 0 radical (unpaired) electrons. The predicted octanol–water partition coefficient (Wildman–Crippen LogP) is 1.79. The molecule has 120 valence electrons. The Labute approximate surface area is 133 Å². The van der Waals surface area contributed by atoms with Crippen LogP contribution in [0, 0.1) is 0 Å². The number of benzene rings is 1. The zero-order valence-electron chi connectivity index (χ0n) is 13.4. The number of aromatic carboxylic acids is 1. The molecule has 0 aliphatic carbocycles. The van der Waals surface area contributed by atoms with Crippen LogP contribution in [0.15, 0.2) is 33.5 Å². The molecule has 0 unspecified atom stereocenters. The second kappa shape index (κ2) is 4.94. The van der Waals surface area contributed by atoms with Crippen LogP contribution in [0.2, 0.25) is 0 Å². The van der Waals surface area contributed by atoms with E-state index < -0.39 is 29.9 Å². The van der Waals surface area contributed by atoms with E-state index in [9.17, 15) is 9.59 Å². The zero-order chi connectivity index (χ0) is 17.0. The van der Waals surface area contributed by atoms with Crippen LogP contribution in [0.4, 0.5) is 0 Å². The molecule has 7 heteroatoms. The first-order valence-corrected chi connectivity index (χ1v) is 7.27. The Morgan fingerprint density at radius 3 is 2.26 bits per heavy atom. The Bertz CT molecular complexity index is 835. The zero-order valence-corrected chi connectivity index (χ0v) is 13.4. The van der Waals surface area contributed by atoms with E-state index in [4.69, 9.17) is 18.8 Å². The highest BCUT2D eigenvalue weighted by atomic mass is 16.7. The van der Waals surface area contributed by atoms with Gasteiger partial charge in [-0.1, -0.05) is 12.1 Å². The molecule has 0 saturated carbocycles. The molecule has 0 atom stereocenters. The van der Waals surface area contributed by atoms with Crippen LogP contribution in [0.5, 0.6) is 0 Å². The van der Waals surface area contributed by atoms with Gasteiger partial charge >= 0.3 is 18.7 Å². The third-order valence-electron chi connectivity index (χ3n) is 4.52. The third-order valence-corrected chi connectivity index (χ3v) is 4.52. The lowest BCUT2D eigenvalue weighted by atomic mass is 9.79. The van der Waals surface area contributed by atoms with E-state index >= 15 is 0 Å². The van der Waals surface area contributed by atoms with Crippen LogP contribution < -0.4 is 11.1 Å². The normalized spacial score (nSPS) is 19.2. The van der Waals surface area contributed by atoms with Gasteiger partial charge in [0.25, 0.3) is 0 Å². The van der Waals surface area contributed by atoms with Gasteiger partial charge in [0.15, 0.2) is 0 Å². The van der Waals surface area contributed by atoms with E-state index in [2.05, 4.69) is 0 Å². The summed E-state index contributed by atoms with van der Waals surface area (Å²) in [6.07, 6.45) is 0. The Kier molecular flexibility index (Phi) is 3.39. The van der Waals surface area contributed by atoms with Crippen molar-refractivity contribution < 1.29 is 23.6 Å². The maximum atomic E-state index is 11.7. The minimum Gasteiger partial charge on any atom is -0.477 e. The molecule has 0 bridgehead atoms. The van der Waals surface area contributed by atoms with Crippen molar-refractivity contribution in [2.24, 2.45) is 0 Å². The van der Waals surface area contributed by atoms with Crippen molar-refractivity contribution in [3.63, 3.8) is 0 Å². The van der Waals surface area contributed by atoms with E-state index in [0.717, 1.165) is 0 Å². The molecule has 2 aromatic rings. The van der Waals surface area contributed by atoms with Crippen molar-refractivity contribution >= 4 is 29.5 Å². The number of hydrogen-bond donors (Lipinski definition) is 1. The van der Waals surface area contributed by atoms with E-state index in [0.29, 0.717) is 16.4 Å². The molecule has 23 heavy (non-hydrogen) atoms. The fraction of sp³-hybridized carbons (Fsp3) is 0.375. The summed E-state index contributed by atoms with van der Waals surface area (Å²) in [5.41, 5.74) is -1.20. The number of carboxylic acids is 1. The lowest BCUT2D eigenvalue weighted by Crippen LogP contribution is -2.41. The minimum atomic E-state index is -1.31. The Hall–Kier alpha value is -2.12. The predicted molar refractivity (Wildman–Crippen MR) is 85.2 cm³/mol. The summed E-state index contributed by atoms with van der Waals surface area (Å²) in [6, 6.07) is 6.41. The molecule has 1 aliphatic rings. The maximum Gasteiger partial charge on any atom is 0.494 e. The van der Waals surface area contributed by atoms with E-state index in [1.165, 1.54) is 6.07 Å². The summed E-state index contributed by atoms with van der Waals surface area (Å²) in [7, 11) is -0.575. The van der Waals surface area contributed by atoms with Gasteiger partial charge in [-0.2, -0.15) is 0 Å². The summed E-state index contributed by atoms with van der Waals surface area (Å²) >= 11 is 0. The molecular formula is C16H17BO6. The quantitative estimate of drug-likeness (QED) is 0.671. The second-order valence-corrected chi connectivity index (χ2v) is 6.64. The summed E-state index contributed by atoms with van der Waals surface area (Å²) < 4.78 is 17.0. The summed E-state index contributed by atoms with van der Waals surface area (Å²) in [5.74, 6) is -1.31. The van der Waals surface area contributed by atoms with Crippen molar-refractivity contribution in [3.8, 4) is 0 Å². The standard InChI is InChI=1S/C16H17BO6/c1-15(2)16(3,4)23-17(22-15)10-6-5-9-7-11(13(18)19)14(20)21-12(9)8-10/h5-8H,1-4H3,(H,18,19). The van der Waals surface area contributed by atoms with Crippen molar-refractivity contribution in [1.82, 2.24) is 0 Å². The molecule has 2 heterocycles. The van der Waals surface area contributed by atoms with Gasteiger partial charge in [-0.25, -0.2) is 9.59 Å². The molecule has 1 aromatic heterocycles. The molecule has 0 spiro atoms. The molecule has 1 aromatic carbocycles. The Morgan fingerprint density at radius 2 is 1.70 bits per heavy atom. The first-order valence-electron chi connectivity index (χ1n) is 7.27. The molecule has 3 rings (SSSR count). The number of fused-ring (bicyclic) bond motifs is 1. The highest BCUT2D eigenvalue weighted by Gasteiger charge is 2.51. The van der Waals surface area contributed by atoms with Gasteiger partial charge < -0.3 is 18.8 Å². The van der Waals surface area contributed by atoms with Crippen molar-refractivity contribution in [2.45, 2.75) is 38.9 Å². The van der Waals surface area contributed by atoms with Gasteiger partial charge in [0.1, 0.15) is 11.1 Å². The topological polar surface area (TPSA) is 86.0 Å². The van der Waals surface area contributed by atoms with Crippen LogP contribution in [-0.4, -0.2) is 29.4 Å². The molecule has 1 saturated heterocycles. The lowest BCUT2D eigenvalue weighted by Gasteiger charge is -2.32. The van der Waals surface area contributed by atoms with Crippen LogP contribution in [0.3, 0.4) is 0 Å². The van der Waals surface area contributed by atoms with Crippen LogP contribution >= 0.6 is 0 Å². The summed E-state index contributed by atoms with van der Waals surface area (Å²) in [6.45, 7) is 7.81. The van der Waals surface area contributed by atoms with Gasteiger partial charge in [-0.15, -0.1) is 0 Å². The van der Waals surface area contributed by atoms with Crippen LogP contribution in [0.25, 0.3) is 11.0 Å². The first kappa shape index (κ1) is 15.8. The average molecular weight is 316 g/mol. The van der Waals surface area contributed by atoms with Crippen LogP contribution in [-0.2, 0) is 9.31 Å². The summed E-state index contributed by atoms with van der Waals surface area (Å²) in [4.78, 5) is 22.7. The SMILES string of the molecule is CC1(C)OB(c2ccc3cc(C(=O)O)c(=O)oc3c2)OC1(C)C. The highest BCUT2D eigenvalue weighted by molar-refractivity contribution is 6.62. The Morgan fingerprint density at radius 1 is 1.09 bits per heavy atom. The molecule has 1 fully saturated rings. The molecule has 1 aliphatic heterocycles. The van der Waals surface area contributed by atoms with E-state index in [1.54, 1.807) is 18.2 Å². The molecule has 1 N–H and O–H groups in total. The Balaban J connectivity index is 2.04. The van der Waals surface area contributed by atoms with Gasteiger partial charge in [-0.05, 0) is 45.3 Å². The fourth-order valence-corrected chi connectivity index (χ4v) is 2.40. The van der Waals surface area contributed by atoms with Crippen LogP contribution in [0.1, 0.15) is 38.1 Å². The van der Waals surface area contributed by atoms with Crippen molar-refractivity contribution in [2.75, 3.05) is 0 Å². The third kappa shape index (κ3) is 2.56. The number of carboxylic acid groups (broad SMARTS) is 1. The maximum absolute atomic E-state index is 11.7. The number of carbonyl (C=O) groups is 1.